The molecule has 0 aliphatic heterocycles. The van der Waals surface area contributed by atoms with E-state index in [0.717, 1.165) is 12.5 Å². The zero-order valence-electron chi connectivity index (χ0n) is 18.0. The molecule has 0 aliphatic rings. The standard InChI is InChI=1S/C24H51N/c1-3-5-6-7-8-9-10-11-12-13-14-15-16-17-18-19-20-21-22-24(4-2)23-25/h24H,3-23,25H2,1-2H3. The van der Waals surface area contributed by atoms with Crippen LogP contribution >= 0.6 is 0 Å². The first kappa shape index (κ1) is 25.0. The van der Waals surface area contributed by atoms with Gasteiger partial charge < -0.3 is 5.73 Å². The van der Waals surface area contributed by atoms with Crippen LogP contribution in [0.3, 0.4) is 0 Å². The summed E-state index contributed by atoms with van der Waals surface area (Å²) in [7, 11) is 0. The van der Waals surface area contributed by atoms with E-state index in [1.54, 1.807) is 0 Å². The van der Waals surface area contributed by atoms with E-state index < -0.39 is 0 Å². The minimum atomic E-state index is 0.779. The summed E-state index contributed by atoms with van der Waals surface area (Å²) in [5.41, 5.74) is 5.76. The topological polar surface area (TPSA) is 26.0 Å². The highest BCUT2D eigenvalue weighted by atomic mass is 14.5. The van der Waals surface area contributed by atoms with Gasteiger partial charge in [-0.1, -0.05) is 136 Å². The Morgan fingerprint density at radius 2 is 0.800 bits per heavy atom. The molecule has 0 aromatic rings. The predicted octanol–water partition coefficient (Wildman–Crippen LogP) is 8.40. The smallest absolute Gasteiger partial charge is 0.00490 e. The predicted molar refractivity (Wildman–Crippen MR) is 116 cm³/mol. The Hall–Kier alpha value is -0.0400. The molecule has 0 aliphatic carbocycles. The highest BCUT2D eigenvalue weighted by Gasteiger charge is 2.02. The lowest BCUT2D eigenvalue weighted by Gasteiger charge is -2.11. The van der Waals surface area contributed by atoms with Crippen molar-refractivity contribution in [3.05, 3.63) is 0 Å². The molecule has 0 saturated carbocycles. The Kier molecular flexibility index (Phi) is 22.0. The van der Waals surface area contributed by atoms with Crippen molar-refractivity contribution < 1.29 is 0 Å². The molecule has 0 fully saturated rings. The van der Waals surface area contributed by atoms with Crippen LogP contribution in [0.15, 0.2) is 0 Å². The van der Waals surface area contributed by atoms with Crippen molar-refractivity contribution in [3.8, 4) is 0 Å². The van der Waals surface area contributed by atoms with Gasteiger partial charge in [0.25, 0.3) is 0 Å². The van der Waals surface area contributed by atoms with Gasteiger partial charge in [-0.3, -0.25) is 0 Å². The van der Waals surface area contributed by atoms with E-state index in [-0.39, 0.29) is 0 Å². The number of hydrogen-bond donors (Lipinski definition) is 1. The Morgan fingerprint density at radius 1 is 0.480 bits per heavy atom. The number of rotatable bonds is 21. The lowest BCUT2D eigenvalue weighted by atomic mass is 9.98. The molecular weight excluding hydrogens is 302 g/mol. The summed E-state index contributed by atoms with van der Waals surface area (Å²) < 4.78 is 0. The van der Waals surface area contributed by atoms with Gasteiger partial charge in [-0.2, -0.15) is 0 Å². The largest absolute Gasteiger partial charge is 0.330 e. The van der Waals surface area contributed by atoms with Crippen molar-refractivity contribution in [1.82, 2.24) is 0 Å². The second-order valence-electron chi connectivity index (χ2n) is 8.31. The third-order valence-corrected chi connectivity index (χ3v) is 5.88. The fourth-order valence-electron chi connectivity index (χ4n) is 3.82. The van der Waals surface area contributed by atoms with E-state index in [9.17, 15) is 0 Å². The summed E-state index contributed by atoms with van der Waals surface area (Å²) in [5, 5.41) is 0. The van der Waals surface area contributed by atoms with Gasteiger partial charge in [0.2, 0.25) is 0 Å². The van der Waals surface area contributed by atoms with Gasteiger partial charge in [-0.25, -0.2) is 0 Å². The van der Waals surface area contributed by atoms with Gasteiger partial charge in [-0.15, -0.1) is 0 Å². The molecule has 0 spiro atoms. The second-order valence-corrected chi connectivity index (χ2v) is 8.31. The van der Waals surface area contributed by atoms with Crippen LogP contribution in [-0.2, 0) is 0 Å². The second kappa shape index (κ2) is 22.0. The summed E-state index contributed by atoms with van der Waals surface area (Å²) in [6, 6.07) is 0. The van der Waals surface area contributed by atoms with E-state index >= 15 is 0 Å². The monoisotopic (exact) mass is 353 g/mol. The number of hydrogen-bond acceptors (Lipinski definition) is 1. The molecule has 0 saturated heterocycles. The Bertz CT molecular complexity index is 222. The summed E-state index contributed by atoms with van der Waals surface area (Å²) in [6.45, 7) is 5.45. The van der Waals surface area contributed by atoms with E-state index in [4.69, 9.17) is 5.73 Å². The van der Waals surface area contributed by atoms with E-state index in [0.29, 0.717) is 0 Å². The Labute approximate surface area is 160 Å². The molecule has 152 valence electrons. The molecule has 0 rings (SSSR count). The maximum absolute atomic E-state index is 5.76. The van der Waals surface area contributed by atoms with Crippen LogP contribution in [0.4, 0.5) is 0 Å². The zero-order chi connectivity index (χ0) is 18.4. The Balaban J connectivity index is 3.03. The molecule has 0 amide bonds. The summed E-state index contributed by atoms with van der Waals surface area (Å²) in [6.07, 6.45) is 28.8. The van der Waals surface area contributed by atoms with Gasteiger partial charge in [0.05, 0.1) is 0 Å². The summed E-state index contributed by atoms with van der Waals surface area (Å²) >= 11 is 0. The molecule has 1 nitrogen and oxygen atoms in total. The van der Waals surface area contributed by atoms with Gasteiger partial charge in [0, 0.05) is 0 Å². The molecule has 0 aromatic heterocycles. The van der Waals surface area contributed by atoms with Crippen molar-refractivity contribution >= 4 is 0 Å². The summed E-state index contributed by atoms with van der Waals surface area (Å²) in [5.74, 6) is 0.779. The SMILES string of the molecule is CCCCCCCCCCCCCCCCCCCCC(CC)CN. The minimum absolute atomic E-state index is 0.779. The molecule has 0 radical (unpaired) electrons. The van der Waals surface area contributed by atoms with Crippen LogP contribution < -0.4 is 5.73 Å². The quantitative estimate of drug-likeness (QED) is 0.206. The van der Waals surface area contributed by atoms with E-state index in [1.165, 1.54) is 128 Å². The average Bonchev–Trinajstić information content (AvgIpc) is 2.64. The van der Waals surface area contributed by atoms with Crippen LogP contribution in [0, 0.1) is 5.92 Å². The first-order valence-electron chi connectivity index (χ1n) is 12.0. The van der Waals surface area contributed by atoms with Crippen LogP contribution in [-0.4, -0.2) is 6.54 Å². The van der Waals surface area contributed by atoms with Crippen molar-refractivity contribution in [2.75, 3.05) is 6.54 Å². The minimum Gasteiger partial charge on any atom is -0.330 e. The van der Waals surface area contributed by atoms with Gasteiger partial charge in [0.1, 0.15) is 0 Å². The third-order valence-electron chi connectivity index (χ3n) is 5.88. The van der Waals surface area contributed by atoms with Crippen LogP contribution in [0.5, 0.6) is 0 Å². The number of unbranched alkanes of at least 4 members (excludes halogenated alkanes) is 17. The Morgan fingerprint density at radius 3 is 1.08 bits per heavy atom. The van der Waals surface area contributed by atoms with E-state index in [2.05, 4.69) is 13.8 Å². The van der Waals surface area contributed by atoms with Gasteiger partial charge >= 0.3 is 0 Å². The number of nitrogens with two attached hydrogens (primary N) is 1. The van der Waals surface area contributed by atoms with Crippen molar-refractivity contribution in [2.45, 2.75) is 142 Å². The van der Waals surface area contributed by atoms with Crippen molar-refractivity contribution in [3.63, 3.8) is 0 Å². The summed E-state index contributed by atoms with van der Waals surface area (Å²) in [4.78, 5) is 0. The molecular formula is C24H51N. The van der Waals surface area contributed by atoms with Crippen LogP contribution in [0.1, 0.15) is 142 Å². The molecule has 0 aromatic carbocycles. The molecule has 0 heterocycles. The fraction of sp³-hybridized carbons (Fsp3) is 1.00. The first-order valence-corrected chi connectivity index (χ1v) is 12.0. The zero-order valence-corrected chi connectivity index (χ0v) is 18.0. The molecule has 0 bridgehead atoms. The van der Waals surface area contributed by atoms with Gasteiger partial charge in [0.15, 0.2) is 0 Å². The van der Waals surface area contributed by atoms with Crippen LogP contribution in [0.25, 0.3) is 0 Å². The molecule has 1 atom stereocenters. The van der Waals surface area contributed by atoms with Crippen LogP contribution in [0.2, 0.25) is 0 Å². The first-order chi connectivity index (χ1) is 12.3. The van der Waals surface area contributed by atoms with E-state index in [1.807, 2.05) is 0 Å². The third kappa shape index (κ3) is 20.1. The maximum atomic E-state index is 5.76. The molecule has 1 unspecified atom stereocenters. The molecule has 25 heavy (non-hydrogen) atoms. The van der Waals surface area contributed by atoms with Crippen molar-refractivity contribution in [1.29, 1.82) is 0 Å². The highest BCUT2D eigenvalue weighted by Crippen LogP contribution is 2.16. The lowest BCUT2D eigenvalue weighted by molar-refractivity contribution is 0.445. The van der Waals surface area contributed by atoms with Crippen molar-refractivity contribution in [2.24, 2.45) is 11.7 Å². The molecule has 2 N–H and O–H groups in total. The fourth-order valence-corrected chi connectivity index (χ4v) is 3.82. The lowest BCUT2D eigenvalue weighted by Crippen LogP contribution is -2.13. The normalized spacial score (nSPS) is 12.6. The molecule has 1 heteroatoms. The average molecular weight is 354 g/mol. The highest BCUT2D eigenvalue weighted by molar-refractivity contribution is 4.58. The maximum Gasteiger partial charge on any atom is -0.00490 e. The van der Waals surface area contributed by atoms with Gasteiger partial charge in [-0.05, 0) is 18.9 Å².